The van der Waals surface area contributed by atoms with Gasteiger partial charge in [-0.05, 0) is 62.7 Å². The van der Waals surface area contributed by atoms with Crippen LogP contribution in [0.25, 0.3) is 0 Å². The number of nitrogens with one attached hydrogen (secondary N) is 1. The monoisotopic (exact) mass is 440 g/mol. The van der Waals surface area contributed by atoms with Gasteiger partial charge in [0.1, 0.15) is 17.3 Å². The Labute approximate surface area is 194 Å². The first-order chi connectivity index (χ1) is 16.0. The fourth-order valence-corrected chi connectivity index (χ4v) is 4.35. The zero-order valence-electron chi connectivity index (χ0n) is 19.2. The zero-order chi connectivity index (χ0) is 22.9. The summed E-state index contributed by atoms with van der Waals surface area (Å²) in [5.41, 5.74) is 4.90. The molecular weight excluding hydrogens is 412 g/mol. The maximum Gasteiger partial charge on any atom is 0.322 e. The number of carbonyl (C=O) groups excluding carboxylic acids is 1. The number of benzene rings is 3. The molecule has 2 heterocycles. The molecule has 0 bridgehead atoms. The fourth-order valence-electron chi connectivity index (χ4n) is 4.35. The van der Waals surface area contributed by atoms with E-state index in [-0.39, 0.29) is 12.1 Å². The highest BCUT2D eigenvalue weighted by Gasteiger charge is 2.31. The van der Waals surface area contributed by atoms with Gasteiger partial charge in [0.15, 0.2) is 5.75 Å². The lowest BCUT2D eigenvalue weighted by Gasteiger charge is -2.41. The van der Waals surface area contributed by atoms with Crippen molar-refractivity contribution in [1.29, 1.82) is 0 Å². The standard InChI is InChI=1S/C27H28N4O2/c1-18-8-11-21(12-9-18)28-27(32)31-15-14-30(17-20(31)3)26-22-6-4-5-7-24(22)33-25-16-19(2)10-13-23(25)29-26/h4-13,16,20H,14-15,17H2,1-3H3,(H,28,32). The highest BCUT2D eigenvalue weighted by Crippen LogP contribution is 2.38. The molecule has 168 valence electrons. The summed E-state index contributed by atoms with van der Waals surface area (Å²) in [7, 11) is 0. The van der Waals surface area contributed by atoms with Gasteiger partial charge in [0.25, 0.3) is 0 Å². The molecule has 1 N–H and O–H groups in total. The SMILES string of the molecule is Cc1ccc(NC(=O)N2CCN(C3=Nc4ccc(C)cc4Oc4ccccc43)CC2C)cc1. The second kappa shape index (κ2) is 8.62. The summed E-state index contributed by atoms with van der Waals surface area (Å²) in [6, 6.07) is 21.9. The number of urea groups is 1. The number of carbonyl (C=O) groups is 1. The van der Waals surface area contributed by atoms with Crippen LogP contribution in [0, 0.1) is 13.8 Å². The second-order valence-electron chi connectivity index (χ2n) is 8.79. The third kappa shape index (κ3) is 4.29. The minimum absolute atomic E-state index is 0.0284. The molecule has 2 aliphatic heterocycles. The third-order valence-electron chi connectivity index (χ3n) is 6.18. The zero-order valence-corrected chi connectivity index (χ0v) is 19.2. The topological polar surface area (TPSA) is 57.2 Å². The number of para-hydroxylation sites is 1. The number of rotatable bonds is 1. The summed E-state index contributed by atoms with van der Waals surface area (Å²) in [5.74, 6) is 2.45. The van der Waals surface area contributed by atoms with Crippen molar-refractivity contribution in [2.45, 2.75) is 26.8 Å². The minimum atomic E-state index is -0.0710. The second-order valence-corrected chi connectivity index (χ2v) is 8.79. The number of fused-ring (bicyclic) bond motifs is 2. The lowest BCUT2D eigenvalue weighted by molar-refractivity contribution is 0.145. The van der Waals surface area contributed by atoms with Crippen molar-refractivity contribution in [3.63, 3.8) is 0 Å². The number of ether oxygens (including phenoxy) is 1. The van der Waals surface area contributed by atoms with Gasteiger partial charge in [0.2, 0.25) is 0 Å². The Bertz CT molecular complexity index is 1220. The van der Waals surface area contributed by atoms with E-state index < -0.39 is 0 Å². The van der Waals surface area contributed by atoms with Gasteiger partial charge in [-0.25, -0.2) is 9.79 Å². The Morgan fingerprint density at radius 3 is 2.52 bits per heavy atom. The van der Waals surface area contributed by atoms with Crippen LogP contribution in [0.1, 0.15) is 23.6 Å². The van der Waals surface area contributed by atoms with Crippen molar-refractivity contribution in [3.05, 3.63) is 83.4 Å². The number of nitrogens with zero attached hydrogens (tertiary/aromatic N) is 3. The van der Waals surface area contributed by atoms with E-state index in [1.54, 1.807) is 0 Å². The average Bonchev–Trinajstić information content (AvgIpc) is 2.96. The third-order valence-corrected chi connectivity index (χ3v) is 6.18. The Balaban J connectivity index is 1.38. The maximum absolute atomic E-state index is 12.9. The maximum atomic E-state index is 12.9. The number of aryl methyl sites for hydroxylation is 2. The van der Waals surface area contributed by atoms with Crippen molar-refractivity contribution in [1.82, 2.24) is 9.80 Å². The molecule has 2 amide bonds. The van der Waals surface area contributed by atoms with E-state index in [0.717, 1.165) is 39.8 Å². The van der Waals surface area contributed by atoms with Crippen LogP contribution in [0.4, 0.5) is 16.2 Å². The van der Waals surface area contributed by atoms with Crippen LogP contribution in [0.5, 0.6) is 11.5 Å². The molecule has 5 rings (SSSR count). The van der Waals surface area contributed by atoms with Crippen molar-refractivity contribution < 1.29 is 9.53 Å². The Kier molecular flexibility index (Phi) is 5.50. The largest absolute Gasteiger partial charge is 0.454 e. The highest BCUT2D eigenvalue weighted by molar-refractivity contribution is 6.04. The van der Waals surface area contributed by atoms with Gasteiger partial charge in [0.05, 0.1) is 5.56 Å². The molecular formula is C27H28N4O2. The van der Waals surface area contributed by atoms with Gasteiger partial charge in [-0.15, -0.1) is 0 Å². The van der Waals surface area contributed by atoms with Gasteiger partial charge >= 0.3 is 6.03 Å². The van der Waals surface area contributed by atoms with Gasteiger partial charge in [-0.3, -0.25) is 0 Å². The number of amidine groups is 1. The molecule has 6 heteroatoms. The highest BCUT2D eigenvalue weighted by atomic mass is 16.5. The number of amides is 2. The van der Waals surface area contributed by atoms with Crippen LogP contribution in [0.2, 0.25) is 0 Å². The summed E-state index contributed by atoms with van der Waals surface area (Å²) in [6.07, 6.45) is 0. The summed E-state index contributed by atoms with van der Waals surface area (Å²) in [5, 5.41) is 3.03. The van der Waals surface area contributed by atoms with Gasteiger partial charge in [-0.1, -0.05) is 35.9 Å². The fraction of sp³-hybridized carbons (Fsp3) is 0.259. The lowest BCUT2D eigenvalue weighted by Crippen LogP contribution is -2.56. The van der Waals surface area contributed by atoms with Crippen LogP contribution in [-0.2, 0) is 0 Å². The van der Waals surface area contributed by atoms with E-state index in [1.807, 2.05) is 79.4 Å². The van der Waals surface area contributed by atoms with Gasteiger partial charge in [-0.2, -0.15) is 0 Å². The van der Waals surface area contributed by atoms with Crippen LogP contribution < -0.4 is 10.1 Å². The molecule has 1 atom stereocenters. The summed E-state index contributed by atoms with van der Waals surface area (Å²) in [6.45, 7) is 8.16. The molecule has 0 aromatic heterocycles. The number of hydrogen-bond acceptors (Lipinski definition) is 4. The Morgan fingerprint density at radius 1 is 0.970 bits per heavy atom. The van der Waals surface area contributed by atoms with Crippen LogP contribution in [0.15, 0.2) is 71.7 Å². The summed E-state index contributed by atoms with van der Waals surface area (Å²) in [4.78, 5) is 22.1. The predicted octanol–water partition coefficient (Wildman–Crippen LogP) is 5.73. The quantitative estimate of drug-likeness (QED) is 0.526. The normalized spacial score (nSPS) is 17.3. The molecule has 3 aromatic carbocycles. The van der Waals surface area contributed by atoms with Gasteiger partial charge < -0.3 is 19.9 Å². The van der Waals surface area contributed by atoms with E-state index in [4.69, 9.17) is 9.73 Å². The Morgan fingerprint density at radius 2 is 1.73 bits per heavy atom. The van der Waals surface area contributed by atoms with Crippen molar-refractivity contribution in [2.75, 3.05) is 25.0 Å². The number of aliphatic imine (C=N–C) groups is 1. The predicted molar refractivity (Wildman–Crippen MR) is 132 cm³/mol. The van der Waals surface area contributed by atoms with Crippen LogP contribution in [0.3, 0.4) is 0 Å². The average molecular weight is 441 g/mol. The first kappa shape index (κ1) is 21.1. The van der Waals surface area contributed by atoms with Crippen LogP contribution >= 0.6 is 0 Å². The van der Waals surface area contributed by atoms with Gasteiger partial charge in [0, 0.05) is 31.4 Å². The lowest BCUT2D eigenvalue weighted by atomic mass is 10.1. The molecule has 3 aromatic rings. The molecule has 1 unspecified atom stereocenters. The molecule has 1 saturated heterocycles. The van der Waals surface area contributed by atoms with E-state index >= 15 is 0 Å². The molecule has 0 aliphatic carbocycles. The molecule has 6 nitrogen and oxygen atoms in total. The molecule has 0 saturated carbocycles. The smallest absolute Gasteiger partial charge is 0.322 e. The number of hydrogen-bond donors (Lipinski definition) is 1. The molecule has 33 heavy (non-hydrogen) atoms. The summed E-state index contributed by atoms with van der Waals surface area (Å²) < 4.78 is 6.25. The molecule has 1 fully saturated rings. The first-order valence-electron chi connectivity index (χ1n) is 11.3. The van der Waals surface area contributed by atoms with Crippen LogP contribution in [-0.4, -0.2) is 47.3 Å². The number of piperazine rings is 1. The van der Waals surface area contributed by atoms with E-state index in [9.17, 15) is 4.79 Å². The van der Waals surface area contributed by atoms with E-state index in [1.165, 1.54) is 5.56 Å². The molecule has 0 spiro atoms. The Hall–Kier alpha value is -3.80. The van der Waals surface area contributed by atoms with E-state index in [0.29, 0.717) is 19.6 Å². The summed E-state index contributed by atoms with van der Waals surface area (Å²) >= 11 is 0. The van der Waals surface area contributed by atoms with Crippen molar-refractivity contribution in [3.8, 4) is 11.5 Å². The van der Waals surface area contributed by atoms with E-state index in [2.05, 4.69) is 23.2 Å². The minimum Gasteiger partial charge on any atom is -0.454 e. The van der Waals surface area contributed by atoms with Crippen molar-refractivity contribution >= 4 is 23.2 Å². The number of anilines is 1. The van der Waals surface area contributed by atoms with Crippen molar-refractivity contribution in [2.24, 2.45) is 4.99 Å². The first-order valence-corrected chi connectivity index (χ1v) is 11.3. The molecule has 2 aliphatic rings. The molecule has 0 radical (unpaired) electrons.